The topological polar surface area (TPSA) is 68.0 Å². The number of anilines is 1. The molecule has 5 nitrogen and oxygen atoms in total. The fourth-order valence-electron chi connectivity index (χ4n) is 4.23. The van der Waals surface area contributed by atoms with Gasteiger partial charge in [-0.1, -0.05) is 36.6 Å². The van der Waals surface area contributed by atoms with E-state index in [0.717, 1.165) is 48.0 Å². The monoisotopic (exact) mass is 417 g/mol. The zero-order valence-corrected chi connectivity index (χ0v) is 17.0. The van der Waals surface area contributed by atoms with Crippen LogP contribution in [0.5, 0.6) is 0 Å². The smallest absolute Gasteiger partial charge is 0.247 e. The van der Waals surface area contributed by atoms with Crippen molar-refractivity contribution in [2.45, 2.75) is 31.1 Å². The molecule has 30 heavy (non-hydrogen) atoms. The number of rotatable bonds is 4. The molecular formula is C24H20ClN3O2. The first-order valence-electron chi connectivity index (χ1n) is 10.0. The molecule has 0 bridgehead atoms. The van der Waals surface area contributed by atoms with Gasteiger partial charge in [-0.25, -0.2) is 9.97 Å². The fourth-order valence-corrected chi connectivity index (χ4v) is 4.36. The summed E-state index contributed by atoms with van der Waals surface area (Å²) < 4.78 is 5.72. The van der Waals surface area contributed by atoms with Crippen LogP contribution in [0.4, 0.5) is 5.69 Å². The molecule has 0 atom stereocenters. The van der Waals surface area contributed by atoms with Crippen LogP contribution in [0, 0.1) is 0 Å². The number of hydrogen-bond donors (Lipinski definition) is 1. The number of fused-ring (bicyclic) bond motifs is 1. The molecule has 2 aromatic heterocycles. The SMILES string of the molecule is O=C(Nc1ccc(-c2nc3cccnc3o2)cc1)C1(c2ccc(Cl)cc2)CCCC1. The lowest BCUT2D eigenvalue weighted by Gasteiger charge is -2.28. The molecule has 0 spiro atoms. The predicted molar refractivity (Wildman–Crippen MR) is 117 cm³/mol. The molecule has 6 heteroatoms. The minimum absolute atomic E-state index is 0.0288. The number of nitrogens with one attached hydrogen (secondary N) is 1. The summed E-state index contributed by atoms with van der Waals surface area (Å²) in [5.41, 5.74) is 3.33. The molecule has 5 rings (SSSR count). The van der Waals surface area contributed by atoms with Gasteiger partial charge in [0, 0.05) is 22.5 Å². The minimum Gasteiger partial charge on any atom is -0.418 e. The third-order valence-electron chi connectivity index (χ3n) is 5.84. The van der Waals surface area contributed by atoms with Crippen LogP contribution in [-0.4, -0.2) is 15.9 Å². The first-order chi connectivity index (χ1) is 14.6. The van der Waals surface area contributed by atoms with Gasteiger partial charge in [0.25, 0.3) is 0 Å². The van der Waals surface area contributed by atoms with E-state index in [4.69, 9.17) is 16.0 Å². The number of carbonyl (C=O) groups is 1. The van der Waals surface area contributed by atoms with Crippen LogP contribution in [0.3, 0.4) is 0 Å². The summed E-state index contributed by atoms with van der Waals surface area (Å²) >= 11 is 6.05. The van der Waals surface area contributed by atoms with Crippen molar-refractivity contribution in [1.82, 2.24) is 9.97 Å². The highest BCUT2D eigenvalue weighted by atomic mass is 35.5. The molecule has 2 aromatic carbocycles. The molecule has 1 N–H and O–H groups in total. The van der Waals surface area contributed by atoms with Crippen LogP contribution in [0.1, 0.15) is 31.2 Å². The van der Waals surface area contributed by atoms with E-state index < -0.39 is 5.41 Å². The first-order valence-corrected chi connectivity index (χ1v) is 10.4. The Hall–Kier alpha value is -3.18. The second kappa shape index (κ2) is 7.58. The number of benzene rings is 2. The van der Waals surface area contributed by atoms with Gasteiger partial charge in [0.05, 0.1) is 5.41 Å². The minimum atomic E-state index is -0.505. The number of aromatic nitrogens is 2. The largest absolute Gasteiger partial charge is 0.418 e. The Balaban J connectivity index is 1.38. The van der Waals surface area contributed by atoms with Gasteiger partial charge in [0.2, 0.25) is 17.5 Å². The van der Waals surface area contributed by atoms with E-state index in [1.807, 2.05) is 60.7 Å². The van der Waals surface area contributed by atoms with Gasteiger partial charge in [-0.3, -0.25) is 4.79 Å². The molecule has 1 aliphatic rings. The van der Waals surface area contributed by atoms with Crippen LogP contribution < -0.4 is 5.32 Å². The molecule has 1 aliphatic carbocycles. The molecule has 2 heterocycles. The number of pyridine rings is 1. The number of halogens is 1. The Morgan fingerprint density at radius 2 is 1.73 bits per heavy atom. The lowest BCUT2D eigenvalue weighted by atomic mass is 9.78. The first kappa shape index (κ1) is 18.8. The number of carbonyl (C=O) groups excluding carboxylic acids is 1. The number of amides is 1. The van der Waals surface area contributed by atoms with E-state index in [9.17, 15) is 4.79 Å². The fraction of sp³-hybridized carbons (Fsp3) is 0.208. The van der Waals surface area contributed by atoms with E-state index in [0.29, 0.717) is 16.6 Å². The summed E-state index contributed by atoms with van der Waals surface area (Å²) in [6, 6.07) is 18.9. The average molecular weight is 418 g/mol. The molecule has 1 amide bonds. The molecule has 1 fully saturated rings. The van der Waals surface area contributed by atoms with Crippen molar-refractivity contribution in [1.29, 1.82) is 0 Å². The maximum absolute atomic E-state index is 13.3. The van der Waals surface area contributed by atoms with Crippen molar-refractivity contribution in [3.8, 4) is 11.5 Å². The molecular weight excluding hydrogens is 398 g/mol. The highest BCUT2D eigenvalue weighted by Gasteiger charge is 2.42. The number of oxazole rings is 1. The Morgan fingerprint density at radius 1 is 1.00 bits per heavy atom. The van der Waals surface area contributed by atoms with Crippen LogP contribution in [0.15, 0.2) is 71.3 Å². The normalized spacial score (nSPS) is 15.4. The van der Waals surface area contributed by atoms with E-state index in [1.165, 1.54) is 0 Å². The third-order valence-corrected chi connectivity index (χ3v) is 6.10. The van der Waals surface area contributed by atoms with Crippen LogP contribution in [0.25, 0.3) is 22.7 Å². The summed E-state index contributed by atoms with van der Waals surface area (Å²) in [4.78, 5) is 22.0. The van der Waals surface area contributed by atoms with Crippen molar-refractivity contribution in [3.63, 3.8) is 0 Å². The van der Waals surface area contributed by atoms with Crippen LogP contribution in [0.2, 0.25) is 5.02 Å². The maximum Gasteiger partial charge on any atom is 0.247 e. The molecule has 0 aliphatic heterocycles. The van der Waals surface area contributed by atoms with Gasteiger partial charge >= 0.3 is 0 Å². The van der Waals surface area contributed by atoms with Gasteiger partial charge in [0.1, 0.15) is 5.52 Å². The Bertz CT molecular complexity index is 1160. The number of hydrogen-bond acceptors (Lipinski definition) is 4. The zero-order valence-electron chi connectivity index (χ0n) is 16.3. The third kappa shape index (κ3) is 3.35. The Kier molecular flexibility index (Phi) is 4.75. The Labute approximate surface area is 179 Å². The maximum atomic E-state index is 13.3. The summed E-state index contributed by atoms with van der Waals surface area (Å²) in [7, 11) is 0. The van der Waals surface area contributed by atoms with E-state index >= 15 is 0 Å². The number of nitrogens with zero attached hydrogens (tertiary/aromatic N) is 2. The summed E-state index contributed by atoms with van der Waals surface area (Å²) in [5.74, 6) is 0.538. The molecule has 4 aromatic rings. The highest BCUT2D eigenvalue weighted by molar-refractivity contribution is 6.30. The van der Waals surface area contributed by atoms with Crippen molar-refractivity contribution in [3.05, 3.63) is 77.4 Å². The van der Waals surface area contributed by atoms with Crippen molar-refractivity contribution < 1.29 is 9.21 Å². The van der Waals surface area contributed by atoms with Crippen LogP contribution >= 0.6 is 11.6 Å². The molecule has 1 saturated carbocycles. The summed E-state index contributed by atoms with van der Waals surface area (Å²) in [5, 5.41) is 3.79. The molecule has 150 valence electrons. The molecule has 0 saturated heterocycles. The second-order valence-electron chi connectivity index (χ2n) is 7.67. The van der Waals surface area contributed by atoms with Gasteiger partial charge < -0.3 is 9.73 Å². The van der Waals surface area contributed by atoms with Crippen molar-refractivity contribution >= 4 is 34.4 Å². The quantitative estimate of drug-likeness (QED) is 0.442. The van der Waals surface area contributed by atoms with Gasteiger partial charge in [0.15, 0.2) is 0 Å². The van der Waals surface area contributed by atoms with Gasteiger partial charge in [-0.05, 0) is 66.9 Å². The van der Waals surface area contributed by atoms with Gasteiger partial charge in [-0.2, -0.15) is 0 Å². The zero-order chi connectivity index (χ0) is 20.6. The van der Waals surface area contributed by atoms with E-state index in [-0.39, 0.29) is 5.91 Å². The van der Waals surface area contributed by atoms with Crippen molar-refractivity contribution in [2.24, 2.45) is 0 Å². The Morgan fingerprint density at radius 3 is 2.43 bits per heavy atom. The molecule has 0 unspecified atom stereocenters. The lowest BCUT2D eigenvalue weighted by molar-refractivity contribution is -0.121. The van der Waals surface area contributed by atoms with Crippen LogP contribution in [-0.2, 0) is 10.2 Å². The van der Waals surface area contributed by atoms with E-state index in [1.54, 1.807) is 6.20 Å². The average Bonchev–Trinajstić information content (AvgIpc) is 3.43. The lowest BCUT2D eigenvalue weighted by Crippen LogP contribution is -2.37. The van der Waals surface area contributed by atoms with Gasteiger partial charge in [-0.15, -0.1) is 0 Å². The summed E-state index contributed by atoms with van der Waals surface area (Å²) in [6.45, 7) is 0. The van der Waals surface area contributed by atoms with E-state index in [2.05, 4.69) is 15.3 Å². The predicted octanol–water partition coefficient (Wildman–Crippen LogP) is 5.99. The standard InChI is InChI=1S/C24H20ClN3O2/c25-18-9-7-17(8-10-18)24(13-1-2-14-24)23(29)27-19-11-5-16(6-12-19)21-28-20-4-3-15-26-22(20)30-21/h3-12,15H,1-2,13-14H2,(H,27,29). The van der Waals surface area contributed by atoms with Crippen molar-refractivity contribution in [2.75, 3.05) is 5.32 Å². The molecule has 0 radical (unpaired) electrons. The summed E-state index contributed by atoms with van der Waals surface area (Å²) in [6.07, 6.45) is 5.44. The second-order valence-corrected chi connectivity index (χ2v) is 8.11. The highest BCUT2D eigenvalue weighted by Crippen LogP contribution is 2.42.